The molecule has 0 amide bonds. The molecule has 7 aromatic rings. The van der Waals surface area contributed by atoms with Crippen molar-refractivity contribution < 1.29 is 0 Å². The SMILES string of the molecule is Brc1ccc2c(-c3ccc4c(c3)sc3ccccc34)c3ccccc3c(-c3ccccc3)c2c1. The average Bonchev–Trinajstić information content (AvgIpc) is 3.25. The Bertz CT molecular complexity index is 1860. The highest BCUT2D eigenvalue weighted by Crippen LogP contribution is 2.45. The summed E-state index contributed by atoms with van der Waals surface area (Å²) in [4.78, 5) is 0. The monoisotopic (exact) mass is 514 g/mol. The van der Waals surface area contributed by atoms with Crippen molar-refractivity contribution in [2.45, 2.75) is 0 Å². The molecule has 34 heavy (non-hydrogen) atoms. The zero-order valence-electron chi connectivity index (χ0n) is 18.3. The van der Waals surface area contributed by atoms with E-state index in [-0.39, 0.29) is 0 Å². The first-order chi connectivity index (χ1) is 16.8. The normalized spacial score (nSPS) is 11.7. The van der Waals surface area contributed by atoms with Gasteiger partial charge in [0.1, 0.15) is 0 Å². The van der Waals surface area contributed by atoms with Gasteiger partial charge in [0.15, 0.2) is 0 Å². The van der Waals surface area contributed by atoms with E-state index in [1.165, 1.54) is 64.0 Å². The van der Waals surface area contributed by atoms with Crippen LogP contribution in [0.15, 0.2) is 120 Å². The quantitative estimate of drug-likeness (QED) is 0.201. The van der Waals surface area contributed by atoms with Crippen LogP contribution >= 0.6 is 27.3 Å². The molecule has 0 radical (unpaired) electrons. The van der Waals surface area contributed by atoms with Crippen LogP contribution in [0.5, 0.6) is 0 Å². The third kappa shape index (κ3) is 3.03. The van der Waals surface area contributed by atoms with Gasteiger partial charge < -0.3 is 0 Å². The minimum Gasteiger partial charge on any atom is -0.135 e. The number of hydrogen-bond donors (Lipinski definition) is 0. The fourth-order valence-electron chi connectivity index (χ4n) is 5.26. The number of fused-ring (bicyclic) bond motifs is 5. The van der Waals surface area contributed by atoms with Gasteiger partial charge in [0.25, 0.3) is 0 Å². The van der Waals surface area contributed by atoms with E-state index in [0.29, 0.717) is 0 Å². The molecule has 0 aliphatic carbocycles. The molecule has 160 valence electrons. The van der Waals surface area contributed by atoms with Gasteiger partial charge in [-0.25, -0.2) is 0 Å². The van der Waals surface area contributed by atoms with Gasteiger partial charge in [-0.3, -0.25) is 0 Å². The molecule has 0 aliphatic heterocycles. The lowest BCUT2D eigenvalue weighted by atomic mass is 9.86. The van der Waals surface area contributed by atoms with Crippen LogP contribution in [0.25, 0.3) is 64.0 Å². The van der Waals surface area contributed by atoms with Crippen molar-refractivity contribution in [3.05, 3.63) is 120 Å². The van der Waals surface area contributed by atoms with Gasteiger partial charge in [-0.15, -0.1) is 11.3 Å². The summed E-state index contributed by atoms with van der Waals surface area (Å²) >= 11 is 5.61. The Morgan fingerprint density at radius 3 is 1.79 bits per heavy atom. The smallest absolute Gasteiger partial charge is 0.0361 e. The minimum atomic E-state index is 1.10. The van der Waals surface area contributed by atoms with Crippen LogP contribution in [0.2, 0.25) is 0 Å². The topological polar surface area (TPSA) is 0 Å². The van der Waals surface area contributed by atoms with Gasteiger partial charge >= 0.3 is 0 Å². The Morgan fingerprint density at radius 1 is 0.412 bits per heavy atom. The highest BCUT2D eigenvalue weighted by Gasteiger charge is 2.17. The maximum Gasteiger partial charge on any atom is 0.0361 e. The van der Waals surface area contributed by atoms with Gasteiger partial charge in [-0.1, -0.05) is 107 Å². The lowest BCUT2D eigenvalue weighted by molar-refractivity contribution is 1.65. The molecule has 0 bridgehead atoms. The first-order valence-corrected chi connectivity index (χ1v) is 13.0. The van der Waals surface area contributed by atoms with E-state index in [1.54, 1.807) is 0 Å². The predicted molar refractivity (Wildman–Crippen MR) is 153 cm³/mol. The summed E-state index contributed by atoms with van der Waals surface area (Å²) in [6.07, 6.45) is 0. The second kappa shape index (κ2) is 7.80. The largest absolute Gasteiger partial charge is 0.135 e. The number of halogens is 1. The molecule has 0 aliphatic rings. The molecule has 0 N–H and O–H groups in total. The van der Waals surface area contributed by atoms with Crippen LogP contribution in [0.4, 0.5) is 0 Å². The summed E-state index contributed by atoms with van der Waals surface area (Å²) < 4.78 is 3.77. The second-order valence-electron chi connectivity index (χ2n) is 8.66. The third-order valence-corrected chi connectivity index (χ3v) is 8.34. The lowest BCUT2D eigenvalue weighted by Gasteiger charge is -2.18. The molecule has 0 fully saturated rings. The van der Waals surface area contributed by atoms with Crippen LogP contribution in [-0.2, 0) is 0 Å². The molecule has 7 rings (SSSR count). The van der Waals surface area contributed by atoms with Gasteiger partial charge in [-0.05, 0) is 68.1 Å². The minimum absolute atomic E-state index is 1.10. The molecule has 0 saturated carbocycles. The molecule has 0 nitrogen and oxygen atoms in total. The molecular formula is C32H19BrS. The summed E-state index contributed by atoms with van der Waals surface area (Å²) in [5.74, 6) is 0. The number of rotatable bonds is 2. The molecule has 1 aromatic heterocycles. The zero-order valence-corrected chi connectivity index (χ0v) is 20.7. The van der Waals surface area contributed by atoms with Crippen LogP contribution < -0.4 is 0 Å². The van der Waals surface area contributed by atoms with E-state index in [9.17, 15) is 0 Å². The highest BCUT2D eigenvalue weighted by atomic mass is 79.9. The van der Waals surface area contributed by atoms with Crippen molar-refractivity contribution in [2.75, 3.05) is 0 Å². The lowest BCUT2D eigenvalue weighted by Crippen LogP contribution is -1.90. The Hall–Kier alpha value is -3.46. The summed E-state index contributed by atoms with van der Waals surface area (Å²) in [5.41, 5.74) is 5.10. The Balaban J connectivity index is 1.62. The van der Waals surface area contributed by atoms with Crippen LogP contribution in [-0.4, -0.2) is 0 Å². The molecule has 1 heterocycles. The van der Waals surface area contributed by atoms with Crippen molar-refractivity contribution in [3.8, 4) is 22.3 Å². The zero-order chi connectivity index (χ0) is 22.6. The van der Waals surface area contributed by atoms with E-state index >= 15 is 0 Å². The van der Waals surface area contributed by atoms with E-state index in [1.807, 2.05) is 11.3 Å². The number of thiophene rings is 1. The van der Waals surface area contributed by atoms with Crippen molar-refractivity contribution >= 4 is 69.0 Å². The van der Waals surface area contributed by atoms with Crippen LogP contribution in [0.3, 0.4) is 0 Å². The number of benzene rings is 6. The van der Waals surface area contributed by atoms with E-state index < -0.39 is 0 Å². The second-order valence-corrected chi connectivity index (χ2v) is 10.7. The summed E-state index contributed by atoms with van der Waals surface area (Å²) in [5, 5.41) is 7.79. The molecular weight excluding hydrogens is 496 g/mol. The van der Waals surface area contributed by atoms with Gasteiger partial charge in [0.2, 0.25) is 0 Å². The summed E-state index contributed by atoms with van der Waals surface area (Å²) in [6.45, 7) is 0. The first kappa shape index (κ1) is 20.0. The molecule has 0 atom stereocenters. The van der Waals surface area contributed by atoms with Crippen LogP contribution in [0, 0.1) is 0 Å². The maximum absolute atomic E-state index is 3.74. The predicted octanol–water partition coefficient (Wildman–Crippen LogP) is 10.5. The maximum atomic E-state index is 3.74. The van der Waals surface area contributed by atoms with E-state index in [0.717, 1.165) is 4.47 Å². The van der Waals surface area contributed by atoms with Gasteiger partial charge in [-0.2, -0.15) is 0 Å². The van der Waals surface area contributed by atoms with Gasteiger partial charge in [0, 0.05) is 24.6 Å². The fraction of sp³-hybridized carbons (Fsp3) is 0. The molecule has 6 aromatic carbocycles. The van der Waals surface area contributed by atoms with Gasteiger partial charge in [0.05, 0.1) is 0 Å². The van der Waals surface area contributed by atoms with Crippen molar-refractivity contribution in [2.24, 2.45) is 0 Å². The fourth-order valence-corrected chi connectivity index (χ4v) is 6.77. The van der Waals surface area contributed by atoms with E-state index in [2.05, 4.69) is 131 Å². The standard InChI is InChI=1S/C32H19BrS/c33-22-15-17-27-28(19-22)31(20-8-2-1-3-9-20)25-11-4-5-12-26(25)32(27)21-14-16-24-23-10-6-7-13-29(23)34-30(24)18-21/h1-19H. The van der Waals surface area contributed by atoms with Crippen molar-refractivity contribution in [3.63, 3.8) is 0 Å². The summed E-state index contributed by atoms with van der Waals surface area (Å²) in [7, 11) is 0. The number of hydrogen-bond acceptors (Lipinski definition) is 1. The molecule has 0 unspecified atom stereocenters. The summed E-state index contributed by atoms with van der Waals surface area (Å²) in [6, 6.07) is 42.0. The third-order valence-electron chi connectivity index (χ3n) is 6.72. The Morgan fingerprint density at radius 2 is 1.00 bits per heavy atom. The molecule has 0 spiro atoms. The molecule has 0 saturated heterocycles. The van der Waals surface area contributed by atoms with E-state index in [4.69, 9.17) is 0 Å². The Kier molecular flexibility index (Phi) is 4.58. The molecule has 2 heteroatoms. The van der Waals surface area contributed by atoms with Crippen LogP contribution in [0.1, 0.15) is 0 Å². The Labute approximate surface area is 210 Å². The first-order valence-electron chi connectivity index (χ1n) is 11.4. The van der Waals surface area contributed by atoms with Crippen molar-refractivity contribution in [1.82, 2.24) is 0 Å². The average molecular weight is 515 g/mol. The highest BCUT2D eigenvalue weighted by molar-refractivity contribution is 9.10. The van der Waals surface area contributed by atoms with Crippen molar-refractivity contribution in [1.29, 1.82) is 0 Å².